The van der Waals surface area contributed by atoms with Crippen LogP contribution in [0.4, 0.5) is 23.5 Å². The van der Waals surface area contributed by atoms with Gasteiger partial charge in [-0.3, -0.25) is 0 Å². The molecule has 0 radical (unpaired) electrons. The lowest BCUT2D eigenvalue weighted by molar-refractivity contribution is -0.137. The summed E-state index contributed by atoms with van der Waals surface area (Å²) in [5.41, 5.74) is 0.865. The smallest absolute Gasteiger partial charge is 0.416 e. The number of aromatic nitrogens is 3. The number of hydrogen-bond acceptors (Lipinski definition) is 7. The third-order valence-corrected chi connectivity index (χ3v) is 7.16. The van der Waals surface area contributed by atoms with Gasteiger partial charge in [-0.05, 0) is 30.2 Å². The fourth-order valence-corrected chi connectivity index (χ4v) is 5.12. The molecule has 0 unspecified atom stereocenters. The van der Waals surface area contributed by atoms with Crippen LogP contribution in [0.25, 0.3) is 11.3 Å². The monoisotopic (exact) mass is 534 g/mol. The number of alkyl halides is 3. The second-order valence-corrected chi connectivity index (χ2v) is 9.95. The number of rotatable bonds is 5. The Labute approximate surface area is 208 Å². The maximum Gasteiger partial charge on any atom is 0.416 e. The average Bonchev–Trinajstić information content (AvgIpc) is 3.30. The van der Waals surface area contributed by atoms with E-state index in [-0.39, 0.29) is 34.5 Å². The van der Waals surface area contributed by atoms with Crippen molar-refractivity contribution in [3.8, 4) is 17.0 Å². The van der Waals surface area contributed by atoms with E-state index in [2.05, 4.69) is 19.7 Å². The van der Waals surface area contributed by atoms with E-state index < -0.39 is 33.5 Å². The predicted molar refractivity (Wildman–Crippen MR) is 123 cm³/mol. The molecule has 1 atom stereocenters. The number of anilines is 1. The van der Waals surface area contributed by atoms with Gasteiger partial charge in [0.15, 0.2) is 11.7 Å². The van der Waals surface area contributed by atoms with Crippen LogP contribution in [0.5, 0.6) is 5.75 Å². The van der Waals surface area contributed by atoms with E-state index in [0.29, 0.717) is 23.4 Å². The van der Waals surface area contributed by atoms with Crippen LogP contribution in [-0.4, -0.2) is 30.0 Å². The van der Waals surface area contributed by atoms with Gasteiger partial charge in [-0.25, -0.2) is 32.5 Å². The first-order chi connectivity index (χ1) is 17.5. The van der Waals surface area contributed by atoms with Gasteiger partial charge < -0.3 is 9.15 Å². The highest BCUT2D eigenvalue weighted by Gasteiger charge is 2.34. The molecule has 1 N–H and O–H groups in total. The minimum atomic E-state index is -4.55. The summed E-state index contributed by atoms with van der Waals surface area (Å²) in [5.74, 6) is -0.863. The Kier molecular flexibility index (Phi) is 6.10. The Balaban J connectivity index is 1.54. The number of fused-ring (bicyclic) bond motifs is 1. The van der Waals surface area contributed by atoms with Gasteiger partial charge in [0.2, 0.25) is 5.95 Å². The molecule has 0 aliphatic carbocycles. The molecule has 0 fully saturated rings. The maximum atomic E-state index is 13.5. The highest BCUT2D eigenvalue weighted by atomic mass is 32.2. The Morgan fingerprint density at radius 3 is 2.46 bits per heavy atom. The Hall–Kier alpha value is -4.00. The summed E-state index contributed by atoms with van der Waals surface area (Å²) in [6, 6.07) is 7.65. The predicted octanol–water partition coefficient (Wildman–Crippen LogP) is 5.31. The number of ether oxygens (including phenoxy) is 1. The fraction of sp³-hybridized carbons (Fsp3) is 0.208. The molecule has 0 spiro atoms. The van der Waals surface area contributed by atoms with Crippen molar-refractivity contribution in [2.45, 2.75) is 30.3 Å². The highest BCUT2D eigenvalue weighted by Crippen LogP contribution is 2.44. The van der Waals surface area contributed by atoms with E-state index in [0.717, 1.165) is 24.5 Å². The Morgan fingerprint density at radius 2 is 1.78 bits per heavy atom. The van der Waals surface area contributed by atoms with Gasteiger partial charge in [-0.1, -0.05) is 12.1 Å². The lowest BCUT2D eigenvalue weighted by atomic mass is 9.83. The molecule has 2 aromatic heterocycles. The lowest BCUT2D eigenvalue weighted by Gasteiger charge is -2.28. The summed E-state index contributed by atoms with van der Waals surface area (Å²) < 4.78 is 92.3. The van der Waals surface area contributed by atoms with Crippen molar-refractivity contribution < 1.29 is 35.1 Å². The molecule has 1 aliphatic heterocycles. The molecule has 0 bridgehead atoms. The van der Waals surface area contributed by atoms with Crippen LogP contribution in [0.3, 0.4) is 0 Å². The van der Waals surface area contributed by atoms with Crippen molar-refractivity contribution in [2.75, 3.05) is 11.3 Å². The number of aryl methyl sites for hydroxylation is 1. The molecular formula is C24H18F4N4O4S. The molecule has 0 saturated heterocycles. The number of benzene rings is 2. The molecule has 0 amide bonds. The summed E-state index contributed by atoms with van der Waals surface area (Å²) >= 11 is 0. The van der Waals surface area contributed by atoms with E-state index in [1.54, 1.807) is 13.0 Å². The summed E-state index contributed by atoms with van der Waals surface area (Å²) in [6.45, 7) is 1.79. The molecule has 3 heterocycles. The SMILES string of the molecule is Cc1nc(-c2cc(C(F)(F)F)ccc2[C@H]2CCOc3cc(S(=O)(=O)Nc4ncc(F)cn4)ccc32)co1. The molecule has 5 rings (SSSR count). The van der Waals surface area contributed by atoms with Gasteiger partial charge in [0.1, 0.15) is 17.7 Å². The minimum absolute atomic E-state index is 0.153. The van der Waals surface area contributed by atoms with Crippen LogP contribution in [-0.2, 0) is 16.2 Å². The van der Waals surface area contributed by atoms with Crippen molar-refractivity contribution in [1.29, 1.82) is 0 Å². The number of nitrogens with one attached hydrogen (secondary N) is 1. The largest absolute Gasteiger partial charge is 0.493 e. The zero-order valence-corrected chi connectivity index (χ0v) is 19.9. The zero-order valence-electron chi connectivity index (χ0n) is 19.1. The normalized spacial score (nSPS) is 15.6. The molecule has 1 aliphatic rings. The van der Waals surface area contributed by atoms with Crippen LogP contribution < -0.4 is 9.46 Å². The number of sulfonamides is 1. The summed E-state index contributed by atoms with van der Waals surface area (Å²) in [4.78, 5) is 11.2. The Bertz CT molecular complexity index is 1570. The van der Waals surface area contributed by atoms with Crippen LogP contribution in [0, 0.1) is 12.7 Å². The molecule has 8 nitrogen and oxygen atoms in total. The standard InChI is InChI=1S/C24H18F4N4O4S/c1-13-31-21(12-36-13)20-8-14(24(26,27)28)2-4-17(20)18-6-7-35-22-9-16(3-5-19(18)22)37(33,34)32-23-29-10-15(25)11-30-23/h2-5,8-12,18H,6-7H2,1H3,(H,29,30,32)/t18-/m1/s1. The quantitative estimate of drug-likeness (QED) is 0.346. The number of hydrogen-bond donors (Lipinski definition) is 1. The van der Waals surface area contributed by atoms with E-state index >= 15 is 0 Å². The summed E-state index contributed by atoms with van der Waals surface area (Å²) in [6.07, 6.45) is -1.17. The molecule has 192 valence electrons. The summed E-state index contributed by atoms with van der Waals surface area (Å²) in [7, 11) is -4.14. The second kappa shape index (κ2) is 9.14. The fourth-order valence-electron chi connectivity index (χ4n) is 4.15. The van der Waals surface area contributed by atoms with Crippen LogP contribution in [0.2, 0.25) is 0 Å². The van der Waals surface area contributed by atoms with E-state index in [4.69, 9.17) is 9.15 Å². The third-order valence-electron chi connectivity index (χ3n) is 5.83. The van der Waals surface area contributed by atoms with E-state index in [1.165, 1.54) is 24.5 Å². The molecule has 2 aromatic carbocycles. The topological polar surface area (TPSA) is 107 Å². The van der Waals surface area contributed by atoms with E-state index in [9.17, 15) is 26.0 Å². The van der Waals surface area contributed by atoms with Gasteiger partial charge in [-0.15, -0.1) is 0 Å². The van der Waals surface area contributed by atoms with Crippen LogP contribution in [0.1, 0.15) is 34.9 Å². The van der Waals surface area contributed by atoms with Crippen molar-refractivity contribution in [2.24, 2.45) is 0 Å². The van der Waals surface area contributed by atoms with Gasteiger partial charge in [-0.2, -0.15) is 13.2 Å². The average molecular weight is 534 g/mol. The minimum Gasteiger partial charge on any atom is -0.493 e. The van der Waals surface area contributed by atoms with Crippen molar-refractivity contribution in [3.63, 3.8) is 0 Å². The second-order valence-electron chi connectivity index (χ2n) is 8.27. The van der Waals surface area contributed by atoms with E-state index in [1.807, 2.05) is 0 Å². The Morgan fingerprint density at radius 1 is 1.05 bits per heavy atom. The lowest BCUT2D eigenvalue weighted by Crippen LogP contribution is -2.19. The highest BCUT2D eigenvalue weighted by molar-refractivity contribution is 7.92. The molecule has 4 aromatic rings. The summed E-state index contributed by atoms with van der Waals surface area (Å²) in [5, 5.41) is 0. The number of halogens is 4. The van der Waals surface area contributed by atoms with Gasteiger partial charge in [0.05, 0.1) is 29.5 Å². The first kappa shape index (κ1) is 24.7. The molecular weight excluding hydrogens is 516 g/mol. The third kappa shape index (κ3) is 4.99. The molecule has 13 heteroatoms. The maximum absolute atomic E-state index is 13.5. The van der Waals surface area contributed by atoms with Crippen molar-refractivity contribution >= 4 is 16.0 Å². The van der Waals surface area contributed by atoms with Crippen LogP contribution in [0.15, 0.2) is 64.4 Å². The van der Waals surface area contributed by atoms with Gasteiger partial charge >= 0.3 is 6.18 Å². The van der Waals surface area contributed by atoms with Gasteiger partial charge in [0.25, 0.3) is 10.0 Å². The first-order valence-electron chi connectivity index (χ1n) is 10.9. The van der Waals surface area contributed by atoms with Gasteiger partial charge in [0, 0.05) is 30.0 Å². The first-order valence-corrected chi connectivity index (χ1v) is 12.4. The molecule has 0 saturated carbocycles. The molecule has 37 heavy (non-hydrogen) atoms. The van der Waals surface area contributed by atoms with Crippen molar-refractivity contribution in [1.82, 2.24) is 15.0 Å². The van der Waals surface area contributed by atoms with Crippen molar-refractivity contribution in [3.05, 3.63) is 83.5 Å². The number of oxazole rings is 1. The number of nitrogens with zero attached hydrogens (tertiary/aromatic N) is 3. The zero-order chi connectivity index (χ0) is 26.4. The van der Waals surface area contributed by atoms with Crippen LogP contribution >= 0.6 is 0 Å².